The molecule has 0 aromatic heterocycles. The summed E-state index contributed by atoms with van der Waals surface area (Å²) >= 11 is 0. The summed E-state index contributed by atoms with van der Waals surface area (Å²) < 4.78 is 18.7. The highest BCUT2D eigenvalue weighted by atomic mass is 19.1. The molecule has 16 heavy (non-hydrogen) atoms. The van der Waals surface area contributed by atoms with Gasteiger partial charge in [0.15, 0.2) is 0 Å². The molecule has 1 aromatic rings. The van der Waals surface area contributed by atoms with Crippen LogP contribution in [0.4, 0.5) is 10.1 Å². The fraction of sp³-hybridized carbons (Fsp3) is 0.500. The van der Waals surface area contributed by atoms with Crippen LogP contribution in [0.15, 0.2) is 18.2 Å². The Kier molecular flexibility index (Phi) is 3.41. The van der Waals surface area contributed by atoms with E-state index in [1.54, 1.807) is 0 Å². The van der Waals surface area contributed by atoms with E-state index in [2.05, 4.69) is 4.90 Å². The standard InChI is InChI=1S/C12H17FN2O/c1-15(11-2-3-16-8-11)12-5-9(7-14)4-10(13)6-12/h4-6,11H,2-3,7-8,14H2,1H3. The molecule has 2 rings (SSSR count). The van der Waals surface area contributed by atoms with Crippen LogP contribution in [0.1, 0.15) is 12.0 Å². The summed E-state index contributed by atoms with van der Waals surface area (Å²) in [6, 6.07) is 5.29. The fourth-order valence-corrected chi connectivity index (χ4v) is 1.99. The Balaban J connectivity index is 2.21. The Morgan fingerprint density at radius 3 is 2.94 bits per heavy atom. The van der Waals surface area contributed by atoms with Crippen molar-refractivity contribution >= 4 is 5.69 Å². The number of halogens is 1. The molecule has 0 amide bonds. The largest absolute Gasteiger partial charge is 0.379 e. The maximum atomic E-state index is 13.3. The minimum Gasteiger partial charge on any atom is -0.379 e. The van der Waals surface area contributed by atoms with E-state index in [1.165, 1.54) is 12.1 Å². The Labute approximate surface area is 95.0 Å². The molecule has 1 aliphatic rings. The maximum absolute atomic E-state index is 13.3. The predicted octanol–water partition coefficient (Wildman–Crippen LogP) is 1.51. The van der Waals surface area contributed by atoms with Crippen LogP contribution in [0.25, 0.3) is 0 Å². The molecule has 4 heteroatoms. The molecule has 1 fully saturated rings. The summed E-state index contributed by atoms with van der Waals surface area (Å²) in [6.45, 7) is 1.86. The van der Waals surface area contributed by atoms with E-state index in [0.717, 1.165) is 24.3 Å². The monoisotopic (exact) mass is 224 g/mol. The van der Waals surface area contributed by atoms with Gasteiger partial charge in [-0.25, -0.2) is 4.39 Å². The van der Waals surface area contributed by atoms with Gasteiger partial charge in [-0.15, -0.1) is 0 Å². The van der Waals surface area contributed by atoms with Crippen LogP contribution in [-0.2, 0) is 11.3 Å². The molecular formula is C12H17FN2O. The van der Waals surface area contributed by atoms with Crippen molar-refractivity contribution in [1.29, 1.82) is 0 Å². The molecule has 0 radical (unpaired) electrons. The number of hydrogen-bond acceptors (Lipinski definition) is 3. The first kappa shape index (κ1) is 11.4. The summed E-state index contributed by atoms with van der Waals surface area (Å²) in [5, 5.41) is 0. The summed E-state index contributed by atoms with van der Waals surface area (Å²) in [4.78, 5) is 2.06. The number of anilines is 1. The van der Waals surface area contributed by atoms with Crippen LogP contribution >= 0.6 is 0 Å². The molecule has 0 aliphatic carbocycles. The third kappa shape index (κ3) is 2.33. The first-order valence-corrected chi connectivity index (χ1v) is 5.51. The van der Waals surface area contributed by atoms with Gasteiger partial charge >= 0.3 is 0 Å². The Morgan fingerprint density at radius 2 is 2.31 bits per heavy atom. The lowest BCUT2D eigenvalue weighted by molar-refractivity contribution is 0.193. The van der Waals surface area contributed by atoms with Gasteiger partial charge < -0.3 is 15.4 Å². The second-order valence-corrected chi connectivity index (χ2v) is 4.15. The third-order valence-corrected chi connectivity index (χ3v) is 3.04. The Bertz CT molecular complexity index is 364. The molecule has 1 heterocycles. The molecule has 3 nitrogen and oxygen atoms in total. The van der Waals surface area contributed by atoms with E-state index < -0.39 is 0 Å². The van der Waals surface area contributed by atoms with Crippen molar-refractivity contribution in [2.24, 2.45) is 5.73 Å². The molecule has 0 saturated carbocycles. The lowest BCUT2D eigenvalue weighted by Gasteiger charge is -2.25. The first-order chi connectivity index (χ1) is 7.70. The molecule has 1 saturated heterocycles. The topological polar surface area (TPSA) is 38.5 Å². The van der Waals surface area contributed by atoms with Gasteiger partial charge in [-0.1, -0.05) is 0 Å². The van der Waals surface area contributed by atoms with Crippen molar-refractivity contribution < 1.29 is 9.13 Å². The van der Waals surface area contributed by atoms with Gasteiger partial charge in [-0.05, 0) is 30.2 Å². The molecule has 1 atom stereocenters. The fourth-order valence-electron chi connectivity index (χ4n) is 1.99. The number of nitrogens with zero attached hydrogens (tertiary/aromatic N) is 1. The molecular weight excluding hydrogens is 207 g/mol. The number of hydrogen-bond donors (Lipinski definition) is 1. The number of nitrogens with two attached hydrogens (primary N) is 1. The highest BCUT2D eigenvalue weighted by molar-refractivity contribution is 5.49. The van der Waals surface area contributed by atoms with E-state index >= 15 is 0 Å². The van der Waals surface area contributed by atoms with E-state index in [0.29, 0.717) is 19.2 Å². The SMILES string of the molecule is CN(c1cc(F)cc(CN)c1)C1CCOC1. The van der Waals surface area contributed by atoms with Gasteiger partial charge in [-0.2, -0.15) is 0 Å². The normalized spacial score (nSPS) is 20.1. The van der Waals surface area contributed by atoms with Crippen molar-refractivity contribution in [3.8, 4) is 0 Å². The van der Waals surface area contributed by atoms with Crippen LogP contribution < -0.4 is 10.6 Å². The number of rotatable bonds is 3. The summed E-state index contributed by atoms with van der Waals surface area (Å²) in [5.41, 5.74) is 7.22. The molecule has 0 bridgehead atoms. The highest BCUT2D eigenvalue weighted by Gasteiger charge is 2.21. The van der Waals surface area contributed by atoms with Gasteiger partial charge in [0.2, 0.25) is 0 Å². The van der Waals surface area contributed by atoms with E-state index in [1.807, 2.05) is 13.1 Å². The average Bonchev–Trinajstić information content (AvgIpc) is 2.80. The zero-order valence-corrected chi connectivity index (χ0v) is 9.45. The summed E-state index contributed by atoms with van der Waals surface area (Å²) in [7, 11) is 1.97. The molecule has 2 N–H and O–H groups in total. The lowest BCUT2D eigenvalue weighted by Crippen LogP contribution is -2.31. The maximum Gasteiger partial charge on any atom is 0.125 e. The van der Waals surface area contributed by atoms with Crippen molar-refractivity contribution in [3.05, 3.63) is 29.6 Å². The second kappa shape index (κ2) is 4.80. The minimum absolute atomic E-state index is 0.233. The second-order valence-electron chi connectivity index (χ2n) is 4.15. The number of ether oxygens (including phenoxy) is 1. The quantitative estimate of drug-likeness (QED) is 0.845. The highest BCUT2D eigenvalue weighted by Crippen LogP contribution is 2.22. The summed E-state index contributed by atoms with van der Waals surface area (Å²) in [6.07, 6.45) is 0.991. The van der Waals surface area contributed by atoms with E-state index in [9.17, 15) is 4.39 Å². The van der Waals surface area contributed by atoms with Crippen molar-refractivity contribution in [2.45, 2.75) is 19.0 Å². The van der Waals surface area contributed by atoms with Crippen molar-refractivity contribution in [1.82, 2.24) is 0 Å². The van der Waals surface area contributed by atoms with E-state index in [-0.39, 0.29) is 5.82 Å². The third-order valence-electron chi connectivity index (χ3n) is 3.04. The van der Waals surface area contributed by atoms with Gasteiger partial charge in [-0.3, -0.25) is 0 Å². The molecule has 0 spiro atoms. The van der Waals surface area contributed by atoms with Crippen LogP contribution in [0.2, 0.25) is 0 Å². The van der Waals surface area contributed by atoms with Crippen molar-refractivity contribution in [3.63, 3.8) is 0 Å². The van der Waals surface area contributed by atoms with Crippen LogP contribution in [-0.4, -0.2) is 26.3 Å². The number of likely N-dealkylation sites (N-methyl/N-ethyl adjacent to an activating group) is 1. The smallest absolute Gasteiger partial charge is 0.125 e. The average molecular weight is 224 g/mol. The lowest BCUT2D eigenvalue weighted by atomic mass is 10.1. The predicted molar refractivity (Wildman–Crippen MR) is 61.9 cm³/mol. The zero-order valence-electron chi connectivity index (χ0n) is 9.45. The molecule has 88 valence electrons. The molecule has 1 aliphatic heterocycles. The van der Waals surface area contributed by atoms with Gasteiger partial charge in [0.25, 0.3) is 0 Å². The van der Waals surface area contributed by atoms with Crippen LogP contribution in [0.3, 0.4) is 0 Å². The van der Waals surface area contributed by atoms with Crippen molar-refractivity contribution in [2.75, 3.05) is 25.2 Å². The number of benzene rings is 1. The van der Waals surface area contributed by atoms with Gasteiger partial charge in [0, 0.05) is 25.9 Å². The van der Waals surface area contributed by atoms with Crippen LogP contribution in [0, 0.1) is 5.82 Å². The minimum atomic E-state index is -0.233. The Hall–Kier alpha value is -1.13. The molecule has 1 aromatic carbocycles. The van der Waals surface area contributed by atoms with Gasteiger partial charge in [0.1, 0.15) is 5.82 Å². The van der Waals surface area contributed by atoms with E-state index in [4.69, 9.17) is 10.5 Å². The Morgan fingerprint density at radius 1 is 1.50 bits per heavy atom. The zero-order chi connectivity index (χ0) is 11.5. The van der Waals surface area contributed by atoms with Gasteiger partial charge in [0.05, 0.1) is 12.6 Å². The molecule has 1 unspecified atom stereocenters. The summed E-state index contributed by atoms with van der Waals surface area (Å²) in [5.74, 6) is -0.233. The first-order valence-electron chi connectivity index (χ1n) is 5.51. The van der Waals surface area contributed by atoms with Crippen LogP contribution in [0.5, 0.6) is 0 Å².